The number of rotatable bonds is 15. The van der Waals surface area contributed by atoms with Gasteiger partial charge in [-0.3, -0.25) is 35.7 Å². The lowest BCUT2D eigenvalue weighted by Gasteiger charge is -2.33. The second-order valence-corrected chi connectivity index (χ2v) is 25.2. The molecule has 0 radical (unpaired) electrons. The van der Waals surface area contributed by atoms with E-state index in [0.29, 0.717) is 60.7 Å². The fraction of sp³-hybridized carbons (Fsp3) is 0.465. The molecule has 4 aliphatic heterocycles. The van der Waals surface area contributed by atoms with Gasteiger partial charge in [-0.05, 0) is 161 Å². The van der Waals surface area contributed by atoms with Gasteiger partial charge < -0.3 is 58.5 Å². The highest BCUT2D eigenvalue weighted by Gasteiger charge is 2.29. The van der Waals surface area contributed by atoms with E-state index in [-0.39, 0.29) is 47.6 Å². The first kappa shape index (κ1) is 73.2. The zero-order valence-electron chi connectivity index (χ0n) is 55.5. The van der Waals surface area contributed by atoms with Crippen LogP contribution in [-0.2, 0) is 4.74 Å². The Morgan fingerprint density at radius 3 is 1.15 bits per heavy atom. The summed E-state index contributed by atoms with van der Waals surface area (Å²) in [7, 11) is 6.36. The topological polar surface area (TPSA) is 279 Å². The summed E-state index contributed by atoms with van der Waals surface area (Å²) in [5, 5.41) is 34.7. The number of para-hydroxylation sites is 1. The van der Waals surface area contributed by atoms with Gasteiger partial charge in [0.25, 0.3) is 17.1 Å². The van der Waals surface area contributed by atoms with E-state index in [4.69, 9.17) is 38.9 Å². The second-order valence-electron chi connectivity index (χ2n) is 25.2. The molecule has 5 aliphatic rings. The largest absolute Gasteiger partial charge is 0.490 e. The number of nitro benzene ring substituents is 3. The first-order valence-corrected chi connectivity index (χ1v) is 32.7. The van der Waals surface area contributed by atoms with Crippen LogP contribution in [0.5, 0.6) is 34.5 Å². The van der Waals surface area contributed by atoms with Gasteiger partial charge in [0.05, 0.1) is 39.1 Å². The molecular formula is C71H93N9O15. The quantitative estimate of drug-likeness (QED) is 0.0549. The number of amides is 2. The number of nitro groups is 3. The van der Waals surface area contributed by atoms with Gasteiger partial charge in [0.15, 0.2) is 0 Å². The minimum absolute atomic E-state index is 0.00805. The third kappa shape index (κ3) is 27.3. The van der Waals surface area contributed by atoms with Crippen LogP contribution in [-0.4, -0.2) is 156 Å². The minimum atomic E-state index is -0.516. The molecule has 6 aromatic carbocycles. The zero-order chi connectivity index (χ0) is 68.1. The highest BCUT2D eigenvalue weighted by atomic mass is 16.6. The summed E-state index contributed by atoms with van der Waals surface area (Å²) in [4.78, 5) is 63.2. The summed E-state index contributed by atoms with van der Waals surface area (Å²) in [5.41, 5.74) is 6.79. The predicted molar refractivity (Wildman–Crippen MR) is 365 cm³/mol. The molecule has 24 heteroatoms. The lowest BCUT2D eigenvalue weighted by Crippen LogP contribution is -2.44. The van der Waals surface area contributed by atoms with Crippen LogP contribution in [0.2, 0.25) is 0 Å². The van der Waals surface area contributed by atoms with Crippen LogP contribution in [0.25, 0.3) is 0 Å². The number of anilines is 2. The van der Waals surface area contributed by atoms with Gasteiger partial charge in [-0.25, -0.2) is 9.59 Å². The van der Waals surface area contributed by atoms with Crippen LogP contribution < -0.4 is 39.5 Å². The number of hydrogen-bond acceptors (Lipinski definition) is 19. The molecular weight excluding hydrogens is 1220 g/mol. The molecule has 0 spiro atoms. The number of ether oxygens (including phenoxy) is 7. The van der Waals surface area contributed by atoms with Crippen molar-refractivity contribution in [3.8, 4) is 34.5 Å². The monoisotopic (exact) mass is 1310 g/mol. The molecule has 1 saturated carbocycles. The normalized spacial score (nSPS) is 16.9. The van der Waals surface area contributed by atoms with E-state index >= 15 is 0 Å². The van der Waals surface area contributed by atoms with Crippen LogP contribution in [0.4, 0.5) is 38.0 Å². The molecule has 11 rings (SSSR count). The molecule has 3 N–H and O–H groups in total. The molecule has 1 aliphatic carbocycles. The van der Waals surface area contributed by atoms with E-state index < -0.39 is 26.5 Å². The Hall–Kier alpha value is -9.26. The predicted octanol–water partition coefficient (Wildman–Crippen LogP) is 14.3. The Kier molecular flexibility index (Phi) is 28.9. The van der Waals surface area contributed by atoms with Crippen molar-refractivity contribution in [2.45, 2.75) is 140 Å². The van der Waals surface area contributed by atoms with Crippen molar-refractivity contribution in [2.75, 3.05) is 84.6 Å². The molecule has 4 heterocycles. The summed E-state index contributed by atoms with van der Waals surface area (Å²) in [6.07, 6.45) is 13.4. The average molecular weight is 1310 g/mol. The molecule has 4 saturated heterocycles. The number of piperidine rings is 4. The number of carbonyl (C=O) groups excluding carboxylic acids is 2. The van der Waals surface area contributed by atoms with Gasteiger partial charge in [-0.2, -0.15) is 0 Å². The molecule has 5 fully saturated rings. The van der Waals surface area contributed by atoms with E-state index in [1.807, 2.05) is 87.5 Å². The molecule has 95 heavy (non-hydrogen) atoms. The van der Waals surface area contributed by atoms with E-state index in [9.17, 15) is 39.9 Å². The Balaban J connectivity index is 0.000000170. The molecule has 6 aromatic rings. The number of hydrogen-bond donors (Lipinski definition) is 2. The third-order valence-electron chi connectivity index (χ3n) is 16.1. The van der Waals surface area contributed by atoms with Crippen LogP contribution in [0.15, 0.2) is 152 Å². The molecule has 0 bridgehead atoms. The maximum atomic E-state index is 12.0. The van der Waals surface area contributed by atoms with Crippen molar-refractivity contribution in [3.05, 3.63) is 182 Å². The fourth-order valence-electron chi connectivity index (χ4n) is 10.9. The Morgan fingerprint density at radius 1 is 0.432 bits per heavy atom. The van der Waals surface area contributed by atoms with E-state index in [1.54, 1.807) is 53.4 Å². The van der Waals surface area contributed by atoms with Gasteiger partial charge in [0, 0.05) is 107 Å². The fourth-order valence-corrected chi connectivity index (χ4v) is 10.9. The van der Waals surface area contributed by atoms with Crippen LogP contribution in [0.1, 0.15) is 104 Å². The van der Waals surface area contributed by atoms with E-state index in [1.165, 1.54) is 55.7 Å². The van der Waals surface area contributed by atoms with Crippen molar-refractivity contribution in [1.82, 2.24) is 19.6 Å². The Morgan fingerprint density at radius 2 is 0.768 bits per heavy atom. The van der Waals surface area contributed by atoms with Gasteiger partial charge >= 0.3 is 12.2 Å². The highest BCUT2D eigenvalue weighted by molar-refractivity contribution is 5.86. The zero-order valence-corrected chi connectivity index (χ0v) is 55.5. The second kappa shape index (κ2) is 37.6. The number of nitrogens with zero attached hydrogens (tertiary/aromatic N) is 7. The SMILES string of the molecule is CC(C)(C)OC(=O)N1CCC(Oc2cccc([N+](=O)[O-])c2)CC1.CN1CCC(Oc2cccc(N)c2)CC1.CN1CCC(Oc2cccc(NC(=O)Oc3ccccc3)c2)CC1.CN1CCC(Oc2cccc([N+](=O)[O-])c2)CC1.O=[N+]([O-])c1cccc(OC2CCCCC2)c1. The lowest BCUT2D eigenvalue weighted by molar-refractivity contribution is -0.385. The molecule has 0 unspecified atom stereocenters. The maximum absolute atomic E-state index is 12.0. The third-order valence-corrected chi connectivity index (χ3v) is 16.1. The van der Waals surface area contributed by atoms with Crippen molar-refractivity contribution < 1.29 is 57.5 Å². The van der Waals surface area contributed by atoms with Crippen molar-refractivity contribution in [1.29, 1.82) is 0 Å². The smallest absolute Gasteiger partial charge is 0.417 e. The Labute approximate surface area is 556 Å². The van der Waals surface area contributed by atoms with E-state index in [0.717, 1.165) is 108 Å². The molecule has 0 aromatic heterocycles. The standard InChI is InChI=1S/C19H22N2O3.C16H22N2O5.C12H16N2O3.C12H18N2O.C12H15NO3/c1-21-12-10-17(11-13-21)23-18-9-5-6-15(14-18)20-19(22)24-16-7-3-2-4-8-16;1-16(2,3)23-15(19)17-9-7-13(8-10-17)22-14-6-4-5-12(11-14)18(20)21;1-13-7-5-11(6-8-13)17-12-4-2-3-10(9-12)14(15)16;1-14-7-5-11(6-8-14)15-12-4-2-3-10(13)9-12;14-13(15)10-5-4-8-12(9-10)16-11-6-2-1-3-7-11/h2-9,14,17H,10-13H2,1H3,(H,20,22);4-6,11,13H,7-10H2,1-3H3;2-4,9,11H,5-8H2,1H3;2-4,9,11H,5-8,13H2,1H3;4-5,8-9,11H,1-3,6-7H2. The van der Waals surface area contributed by atoms with Gasteiger partial charge in [0.1, 0.15) is 64.5 Å². The Bertz CT molecular complexity index is 3340. The minimum Gasteiger partial charge on any atom is -0.490 e. The highest BCUT2D eigenvalue weighted by Crippen LogP contribution is 2.29. The summed E-state index contributed by atoms with van der Waals surface area (Å²) in [6, 6.07) is 43.0. The van der Waals surface area contributed by atoms with Crippen molar-refractivity contribution in [2.24, 2.45) is 0 Å². The maximum Gasteiger partial charge on any atom is 0.417 e. The van der Waals surface area contributed by atoms with Gasteiger partial charge in [-0.15, -0.1) is 0 Å². The first-order valence-electron chi connectivity index (χ1n) is 32.7. The van der Waals surface area contributed by atoms with Crippen molar-refractivity contribution in [3.63, 3.8) is 0 Å². The summed E-state index contributed by atoms with van der Waals surface area (Å²) < 4.78 is 39.8. The van der Waals surface area contributed by atoms with Crippen LogP contribution in [0, 0.1) is 30.3 Å². The summed E-state index contributed by atoms with van der Waals surface area (Å²) in [6.45, 7) is 13.0. The molecule has 2 amide bonds. The number of nitrogen functional groups attached to an aromatic ring is 1. The van der Waals surface area contributed by atoms with Crippen molar-refractivity contribution >= 4 is 40.6 Å². The number of benzene rings is 6. The van der Waals surface area contributed by atoms with Crippen LogP contribution in [0.3, 0.4) is 0 Å². The van der Waals surface area contributed by atoms with E-state index in [2.05, 4.69) is 41.2 Å². The number of likely N-dealkylation sites (tertiary alicyclic amines) is 4. The molecule has 512 valence electrons. The number of carbonyl (C=O) groups is 2. The first-order chi connectivity index (χ1) is 45.6. The van der Waals surface area contributed by atoms with Gasteiger partial charge in [-0.1, -0.05) is 55.0 Å². The number of nitrogens with one attached hydrogen (secondary N) is 1. The molecule has 24 nitrogen and oxygen atoms in total. The summed E-state index contributed by atoms with van der Waals surface area (Å²) >= 11 is 0. The lowest BCUT2D eigenvalue weighted by atomic mass is 9.98. The molecule has 0 atom stereocenters. The number of non-ortho nitro benzene ring substituents is 3. The van der Waals surface area contributed by atoms with Gasteiger partial charge in [0.2, 0.25) is 0 Å². The summed E-state index contributed by atoms with van der Waals surface area (Å²) in [5.74, 6) is 3.85. The van der Waals surface area contributed by atoms with Crippen LogP contribution >= 0.6 is 0 Å². The average Bonchev–Trinajstić information content (AvgIpc) is 1.16. The number of nitrogens with two attached hydrogens (primary N) is 1.